The summed E-state index contributed by atoms with van der Waals surface area (Å²) in [5.74, 6) is -0.559. The molecule has 0 atom stereocenters. The molecular weight excluding hydrogens is 326 g/mol. The van der Waals surface area contributed by atoms with Crippen molar-refractivity contribution in [3.8, 4) is 6.07 Å². The maximum absolute atomic E-state index is 12.4. The highest BCUT2D eigenvalue weighted by Crippen LogP contribution is 2.19. The van der Waals surface area contributed by atoms with Crippen molar-refractivity contribution in [2.45, 2.75) is 19.9 Å². The van der Waals surface area contributed by atoms with Gasteiger partial charge in [0, 0.05) is 30.5 Å². The molecular formula is C21H19N3O2. The van der Waals surface area contributed by atoms with E-state index in [2.05, 4.69) is 17.4 Å². The zero-order valence-corrected chi connectivity index (χ0v) is 14.5. The first-order chi connectivity index (χ1) is 12.6. The number of nitrogens with zero attached hydrogens (tertiary/aromatic N) is 2. The molecule has 0 saturated carbocycles. The summed E-state index contributed by atoms with van der Waals surface area (Å²) in [7, 11) is 0. The molecule has 0 fully saturated rings. The summed E-state index contributed by atoms with van der Waals surface area (Å²) in [5.41, 5.74) is 3.56. The van der Waals surface area contributed by atoms with E-state index in [0.29, 0.717) is 17.8 Å². The smallest absolute Gasteiger partial charge is 0.267 e. The molecule has 2 aromatic carbocycles. The van der Waals surface area contributed by atoms with E-state index in [1.54, 1.807) is 30.5 Å². The van der Waals surface area contributed by atoms with Crippen LogP contribution in [0.1, 0.15) is 28.4 Å². The van der Waals surface area contributed by atoms with Gasteiger partial charge in [-0.3, -0.25) is 9.59 Å². The monoisotopic (exact) mass is 345 g/mol. The van der Waals surface area contributed by atoms with Gasteiger partial charge < -0.3 is 10.2 Å². The van der Waals surface area contributed by atoms with Gasteiger partial charge in [-0.15, -0.1) is 0 Å². The van der Waals surface area contributed by atoms with E-state index < -0.39 is 5.91 Å². The Labute approximate surface area is 152 Å². The molecule has 0 unspecified atom stereocenters. The summed E-state index contributed by atoms with van der Waals surface area (Å²) in [4.78, 5) is 25.9. The van der Waals surface area contributed by atoms with Crippen LogP contribution in [0.2, 0.25) is 0 Å². The van der Waals surface area contributed by atoms with Crippen LogP contribution in [-0.2, 0) is 17.8 Å². The normalized spacial score (nSPS) is 13.5. The van der Waals surface area contributed by atoms with Crippen molar-refractivity contribution < 1.29 is 9.59 Å². The summed E-state index contributed by atoms with van der Waals surface area (Å²) >= 11 is 0. The molecule has 0 aliphatic carbocycles. The maximum Gasteiger partial charge on any atom is 0.267 e. The summed E-state index contributed by atoms with van der Waals surface area (Å²) in [6.45, 7) is 2.90. The largest absolute Gasteiger partial charge is 0.371 e. The number of hydrogen-bond donors (Lipinski definition) is 1. The molecule has 2 aromatic rings. The fraction of sp³-hybridized carbons (Fsp3) is 0.190. The molecule has 1 aliphatic heterocycles. The quantitative estimate of drug-likeness (QED) is 0.524. The fourth-order valence-electron chi connectivity index (χ4n) is 2.96. The molecule has 130 valence electrons. The summed E-state index contributed by atoms with van der Waals surface area (Å²) in [6.07, 6.45) is 2.49. The van der Waals surface area contributed by atoms with Crippen LogP contribution in [0, 0.1) is 11.3 Å². The van der Waals surface area contributed by atoms with Crippen LogP contribution in [-0.4, -0.2) is 23.1 Å². The van der Waals surface area contributed by atoms with Gasteiger partial charge >= 0.3 is 0 Å². The van der Waals surface area contributed by atoms with Gasteiger partial charge in [0.25, 0.3) is 5.91 Å². The Bertz CT molecular complexity index is 925. The molecule has 1 aliphatic rings. The highest BCUT2D eigenvalue weighted by atomic mass is 16.1. The molecule has 0 radical (unpaired) electrons. The third kappa shape index (κ3) is 3.98. The second-order valence-corrected chi connectivity index (χ2v) is 6.23. The van der Waals surface area contributed by atoms with E-state index in [0.717, 1.165) is 13.0 Å². The van der Waals surface area contributed by atoms with E-state index in [1.807, 2.05) is 23.1 Å². The number of nitriles is 1. The lowest BCUT2D eigenvalue weighted by molar-refractivity contribution is -0.112. The predicted molar refractivity (Wildman–Crippen MR) is 99.3 cm³/mol. The molecule has 0 saturated heterocycles. The first-order valence-corrected chi connectivity index (χ1v) is 8.42. The molecule has 1 amide bonds. The van der Waals surface area contributed by atoms with Gasteiger partial charge in [-0.25, -0.2) is 0 Å². The number of anilines is 1. The third-order valence-electron chi connectivity index (χ3n) is 4.36. The van der Waals surface area contributed by atoms with Crippen molar-refractivity contribution in [2.75, 3.05) is 11.9 Å². The Morgan fingerprint density at radius 1 is 1.15 bits per heavy atom. The topological polar surface area (TPSA) is 73.2 Å². The van der Waals surface area contributed by atoms with Crippen LogP contribution in [0.5, 0.6) is 0 Å². The number of rotatable bonds is 4. The van der Waals surface area contributed by atoms with Crippen molar-refractivity contribution in [3.63, 3.8) is 0 Å². The molecule has 1 N–H and O–H groups in total. The third-order valence-corrected chi connectivity index (χ3v) is 4.36. The van der Waals surface area contributed by atoms with Gasteiger partial charge in [0.15, 0.2) is 5.78 Å². The lowest BCUT2D eigenvalue weighted by atomic mass is 10.00. The number of benzene rings is 2. The zero-order valence-electron chi connectivity index (χ0n) is 14.5. The Kier molecular flexibility index (Phi) is 5.14. The first kappa shape index (κ1) is 17.4. The van der Waals surface area contributed by atoms with E-state index >= 15 is 0 Å². The Morgan fingerprint density at radius 2 is 1.92 bits per heavy atom. The predicted octanol–water partition coefficient (Wildman–Crippen LogP) is 3.29. The average Bonchev–Trinajstić information content (AvgIpc) is 2.66. The van der Waals surface area contributed by atoms with Crippen molar-refractivity contribution in [3.05, 3.63) is 77.0 Å². The highest BCUT2D eigenvalue weighted by molar-refractivity contribution is 6.07. The van der Waals surface area contributed by atoms with E-state index in [1.165, 1.54) is 18.1 Å². The van der Waals surface area contributed by atoms with Crippen LogP contribution in [0.25, 0.3) is 0 Å². The minimum absolute atomic E-state index is 0.0395. The van der Waals surface area contributed by atoms with Crippen LogP contribution in [0.15, 0.2) is 60.3 Å². The van der Waals surface area contributed by atoms with Crippen molar-refractivity contribution in [1.29, 1.82) is 5.26 Å². The van der Waals surface area contributed by atoms with Crippen molar-refractivity contribution in [2.24, 2.45) is 0 Å². The molecule has 0 spiro atoms. The Morgan fingerprint density at radius 3 is 2.65 bits per heavy atom. The lowest BCUT2D eigenvalue weighted by Crippen LogP contribution is -2.27. The van der Waals surface area contributed by atoms with Crippen molar-refractivity contribution >= 4 is 17.4 Å². The number of carbonyl (C=O) groups is 2. The van der Waals surface area contributed by atoms with Crippen molar-refractivity contribution in [1.82, 2.24) is 4.90 Å². The number of Topliss-reactive ketones (excluding diaryl/α,β-unsaturated/α-hetero) is 1. The van der Waals surface area contributed by atoms with Gasteiger partial charge in [-0.2, -0.15) is 5.26 Å². The van der Waals surface area contributed by atoms with Crippen LogP contribution < -0.4 is 5.32 Å². The van der Waals surface area contributed by atoms with Crippen LogP contribution in [0.4, 0.5) is 5.69 Å². The minimum atomic E-state index is -0.480. The summed E-state index contributed by atoms with van der Waals surface area (Å²) in [5, 5.41) is 12.1. The van der Waals surface area contributed by atoms with E-state index in [9.17, 15) is 14.9 Å². The number of hydrogen-bond acceptors (Lipinski definition) is 4. The average molecular weight is 345 g/mol. The van der Waals surface area contributed by atoms with Gasteiger partial charge in [-0.05, 0) is 36.6 Å². The number of nitrogens with one attached hydrogen (secondary N) is 1. The van der Waals surface area contributed by atoms with E-state index in [-0.39, 0.29) is 11.4 Å². The molecule has 0 bridgehead atoms. The molecule has 5 heteroatoms. The second kappa shape index (κ2) is 7.66. The Hall–Kier alpha value is -3.39. The molecule has 5 nitrogen and oxygen atoms in total. The summed E-state index contributed by atoms with van der Waals surface area (Å²) in [6, 6.07) is 16.8. The van der Waals surface area contributed by atoms with Gasteiger partial charge in [-0.1, -0.05) is 36.4 Å². The second-order valence-electron chi connectivity index (χ2n) is 6.23. The van der Waals surface area contributed by atoms with Gasteiger partial charge in [0.2, 0.25) is 0 Å². The van der Waals surface area contributed by atoms with Crippen LogP contribution in [0.3, 0.4) is 0 Å². The zero-order chi connectivity index (χ0) is 18.5. The molecule has 0 aromatic heterocycles. The van der Waals surface area contributed by atoms with Gasteiger partial charge in [0.05, 0.1) is 0 Å². The van der Waals surface area contributed by atoms with Gasteiger partial charge in [0.1, 0.15) is 11.6 Å². The van der Waals surface area contributed by atoms with E-state index in [4.69, 9.17) is 0 Å². The Balaban J connectivity index is 1.73. The molecule has 3 rings (SSSR count). The number of fused-ring (bicyclic) bond motifs is 1. The first-order valence-electron chi connectivity index (χ1n) is 8.42. The highest BCUT2D eigenvalue weighted by Gasteiger charge is 2.16. The molecule has 1 heterocycles. The number of amides is 1. The number of ketones is 1. The fourth-order valence-corrected chi connectivity index (χ4v) is 2.96. The van der Waals surface area contributed by atoms with Crippen LogP contribution >= 0.6 is 0 Å². The SMILES string of the molecule is CC(=O)c1cccc(NC(=O)/C(C#N)=C\N2CCc3ccccc3C2)c1. The lowest BCUT2D eigenvalue weighted by Gasteiger charge is -2.27. The summed E-state index contributed by atoms with van der Waals surface area (Å²) < 4.78 is 0. The number of carbonyl (C=O) groups excluding carboxylic acids is 2. The standard InChI is InChI=1S/C21H19N3O2/c1-15(25)17-7-4-8-20(11-17)23-21(26)19(12-22)14-24-10-9-16-5-2-3-6-18(16)13-24/h2-8,11,14H,9-10,13H2,1H3,(H,23,26)/b19-14-. The molecule has 26 heavy (non-hydrogen) atoms. The minimum Gasteiger partial charge on any atom is -0.371 e. The maximum atomic E-state index is 12.4.